The number of carbonyl (C=O) groups excluding carboxylic acids is 3. The maximum Gasteiger partial charge on any atom is 0.417 e. The van der Waals surface area contributed by atoms with Crippen LogP contribution in [0, 0.1) is 0 Å². The fraction of sp³-hybridized carbons (Fsp3) is 0.235. The highest BCUT2D eigenvalue weighted by molar-refractivity contribution is 9.09. The number of nitrogens with two attached hydrogens (primary N) is 1. The number of hydrogen-bond acceptors (Lipinski definition) is 14. The van der Waals surface area contributed by atoms with Crippen molar-refractivity contribution in [3.63, 3.8) is 0 Å². The van der Waals surface area contributed by atoms with E-state index in [4.69, 9.17) is 15.6 Å². The van der Waals surface area contributed by atoms with Gasteiger partial charge in [0, 0.05) is 64.6 Å². The molecule has 0 saturated carbocycles. The Morgan fingerprint density at radius 3 is 1.50 bits per heavy atom. The third kappa shape index (κ3) is 15.3. The van der Waals surface area contributed by atoms with Crippen LogP contribution in [0.25, 0.3) is 21.1 Å². The Labute approximate surface area is 354 Å². The van der Waals surface area contributed by atoms with Crippen LogP contribution in [0.5, 0.6) is 0 Å². The molecule has 0 aromatic carbocycles. The van der Waals surface area contributed by atoms with E-state index in [1.165, 1.54) is 10.8 Å². The van der Waals surface area contributed by atoms with E-state index >= 15 is 0 Å². The summed E-state index contributed by atoms with van der Waals surface area (Å²) in [6.07, 6.45) is -7.24. The second-order valence-corrected chi connectivity index (χ2v) is 13.2. The molecule has 0 aliphatic carbocycles. The Bertz CT molecular complexity index is 2270. The molecule has 0 aliphatic rings. The van der Waals surface area contributed by atoms with E-state index in [-0.39, 0.29) is 61.6 Å². The highest BCUT2D eigenvalue weighted by atomic mass is 79.9. The van der Waals surface area contributed by atoms with Gasteiger partial charge < -0.3 is 20.3 Å². The van der Waals surface area contributed by atoms with Crippen LogP contribution in [0.4, 0.5) is 39.5 Å². The zero-order valence-electron chi connectivity index (χ0n) is 30.2. The number of Topliss-reactive ketones (excluding diaryl/α,β-unsaturated/α-hetero) is 1. The number of carboxylic acids is 1. The number of aromatic nitrogens is 5. The van der Waals surface area contributed by atoms with Crippen molar-refractivity contribution in [1.82, 2.24) is 24.9 Å². The number of hydrogen-bond donors (Lipinski definition) is 2. The zero-order valence-corrected chi connectivity index (χ0v) is 34.2. The molecule has 0 aliphatic heterocycles. The lowest BCUT2D eigenvalue weighted by molar-refractivity contribution is -0.152. The second kappa shape index (κ2) is 22.8. The summed E-state index contributed by atoms with van der Waals surface area (Å²) in [6.45, 7) is 3.71. The topological polar surface area (TPSA) is 197 Å². The Balaban J connectivity index is 0.000000287. The predicted octanol–water partition coefficient (Wildman–Crippen LogP) is 8.57. The smallest absolute Gasteiger partial charge is 0.417 e. The van der Waals surface area contributed by atoms with Crippen molar-refractivity contribution < 1.29 is 73.3 Å². The minimum Gasteiger partial charge on any atom is -0.476 e. The summed E-state index contributed by atoms with van der Waals surface area (Å²) >= 11 is 9.06. The summed E-state index contributed by atoms with van der Waals surface area (Å²) in [4.78, 5) is 60.8. The minimum atomic E-state index is -4.53. The fourth-order valence-electron chi connectivity index (χ4n) is 3.92. The largest absolute Gasteiger partial charge is 0.476 e. The lowest BCUT2D eigenvalue weighted by Gasteiger charge is -2.10. The molecule has 5 rings (SSSR count). The Morgan fingerprint density at radius 1 is 0.717 bits per heavy atom. The number of thiocarbonyl (C=S) groups is 1. The monoisotopic (exact) mass is 976 g/mol. The summed E-state index contributed by atoms with van der Waals surface area (Å²) < 4.78 is 123. The number of ketones is 1. The normalized spacial score (nSPS) is 11.0. The number of rotatable bonds is 9. The molecule has 322 valence electrons. The van der Waals surface area contributed by atoms with E-state index in [1.807, 2.05) is 0 Å². The van der Waals surface area contributed by atoms with Crippen molar-refractivity contribution >= 4 is 79.5 Å². The lowest BCUT2D eigenvalue weighted by Crippen LogP contribution is -2.18. The van der Waals surface area contributed by atoms with Gasteiger partial charge in [-0.2, -0.15) is 39.5 Å². The molecule has 26 heteroatoms. The molecule has 0 fully saturated rings. The van der Waals surface area contributed by atoms with Crippen LogP contribution in [-0.4, -0.2) is 77.2 Å². The van der Waals surface area contributed by atoms with Gasteiger partial charge in [0.15, 0.2) is 11.4 Å². The number of thiazole rings is 2. The average Bonchev–Trinajstić information content (AvgIpc) is 3.89. The van der Waals surface area contributed by atoms with E-state index < -0.39 is 58.9 Å². The number of halogens is 10. The number of alkyl halides is 10. The molecule has 3 N–H and O–H groups in total. The standard InChI is InChI=1S/C12H9F3N2O2S.C10H5F3N2O2S.C7H5F3N2S.C5H7BrO3/c1-2-19-11(18)9-6-20-10(17-9)7-5-16-4-3-8(7)12(13,14)15;11-10(12,13)6-1-2-14-3-5(6)8-15-7(4-18-8)9(16)17;8-7(9,10)5-1-2-12-3-4(5)6(11)13;1-2-9-5(8)4(7)3-6/h3-6H,2H2,1H3;1-4H,(H,16,17);1-3H,(H2,11,13);2-3H2,1H3. The van der Waals surface area contributed by atoms with Gasteiger partial charge in [-0.1, -0.05) is 28.1 Å². The Kier molecular flexibility index (Phi) is 19.2. The van der Waals surface area contributed by atoms with E-state index in [9.17, 15) is 58.7 Å². The van der Waals surface area contributed by atoms with Crippen LogP contribution in [0.1, 0.15) is 57.1 Å². The van der Waals surface area contributed by atoms with Gasteiger partial charge in [-0.25, -0.2) is 24.4 Å². The van der Waals surface area contributed by atoms with E-state index in [0.29, 0.717) is 0 Å². The van der Waals surface area contributed by atoms with Gasteiger partial charge in [-0.3, -0.25) is 19.7 Å². The molecule has 5 aromatic rings. The maximum absolute atomic E-state index is 12.9. The molecule has 5 heterocycles. The van der Waals surface area contributed by atoms with Crippen molar-refractivity contribution in [1.29, 1.82) is 0 Å². The van der Waals surface area contributed by atoms with Crippen molar-refractivity contribution in [2.75, 3.05) is 18.5 Å². The van der Waals surface area contributed by atoms with Crippen LogP contribution in [0.15, 0.2) is 66.1 Å². The number of aromatic carboxylic acids is 1. The fourth-order valence-corrected chi connectivity index (χ4v) is 5.94. The number of carboxylic acid groups (broad SMARTS) is 1. The molecule has 60 heavy (non-hydrogen) atoms. The van der Waals surface area contributed by atoms with Gasteiger partial charge in [-0.05, 0) is 32.0 Å². The van der Waals surface area contributed by atoms with Gasteiger partial charge >= 0.3 is 36.4 Å². The van der Waals surface area contributed by atoms with Gasteiger partial charge in [0.05, 0.1) is 35.2 Å². The van der Waals surface area contributed by atoms with Gasteiger partial charge in [0.1, 0.15) is 15.0 Å². The number of ether oxygens (including phenoxy) is 2. The number of carbonyl (C=O) groups is 4. The molecule has 0 bridgehead atoms. The van der Waals surface area contributed by atoms with E-state index in [1.54, 1.807) is 13.8 Å². The Hall–Kier alpha value is -5.47. The molecular weight excluding hydrogens is 951 g/mol. The summed E-state index contributed by atoms with van der Waals surface area (Å²) in [5.74, 6) is -3.26. The van der Waals surface area contributed by atoms with Crippen LogP contribution in [-0.2, 0) is 37.6 Å². The van der Waals surface area contributed by atoms with Crippen LogP contribution in [0.2, 0.25) is 0 Å². The molecule has 0 radical (unpaired) electrons. The molecule has 5 aromatic heterocycles. The van der Waals surface area contributed by atoms with Crippen molar-refractivity contribution in [2.45, 2.75) is 32.4 Å². The molecular formula is C34H26BrF9N6O7S3. The SMILES string of the molecule is CCOC(=O)C(=O)CBr.CCOC(=O)c1csc(-c2cnccc2C(F)(F)F)n1.NC(=S)c1cnccc1C(F)(F)F.O=C(O)c1csc(-c2cnccc2C(F)(F)F)n1. The first kappa shape index (κ1) is 50.7. The molecule has 0 unspecified atom stereocenters. The third-order valence-electron chi connectivity index (χ3n) is 6.44. The Morgan fingerprint density at radius 2 is 1.13 bits per heavy atom. The summed E-state index contributed by atoms with van der Waals surface area (Å²) in [5, 5.41) is 11.3. The summed E-state index contributed by atoms with van der Waals surface area (Å²) in [6, 6.07) is 2.55. The van der Waals surface area contributed by atoms with Crippen molar-refractivity contribution in [2.24, 2.45) is 5.73 Å². The second-order valence-electron chi connectivity index (χ2n) is 10.5. The first-order valence-corrected chi connectivity index (χ1v) is 19.2. The van der Waals surface area contributed by atoms with Gasteiger partial charge in [0.2, 0.25) is 5.78 Å². The first-order chi connectivity index (χ1) is 28.0. The lowest BCUT2D eigenvalue weighted by atomic mass is 10.1. The highest BCUT2D eigenvalue weighted by Crippen LogP contribution is 2.39. The molecule has 13 nitrogen and oxygen atoms in total. The number of nitrogens with zero attached hydrogens (tertiary/aromatic N) is 5. The van der Waals surface area contributed by atoms with Gasteiger partial charge in [0.25, 0.3) is 0 Å². The number of pyridine rings is 3. The van der Waals surface area contributed by atoms with Crippen LogP contribution in [0.3, 0.4) is 0 Å². The zero-order chi connectivity index (χ0) is 45.4. The first-order valence-electron chi connectivity index (χ1n) is 15.9. The number of esters is 2. The van der Waals surface area contributed by atoms with E-state index in [2.05, 4.69) is 57.8 Å². The molecule has 0 atom stereocenters. The molecule has 0 amide bonds. The minimum absolute atomic E-state index is 0.0103. The van der Waals surface area contributed by atoms with Crippen molar-refractivity contribution in [3.05, 3.63) is 99.8 Å². The average molecular weight is 978 g/mol. The summed E-state index contributed by atoms with van der Waals surface area (Å²) in [5.41, 5.74) is 1.62. The van der Waals surface area contributed by atoms with Crippen LogP contribution < -0.4 is 5.73 Å². The summed E-state index contributed by atoms with van der Waals surface area (Å²) in [7, 11) is 0. The van der Waals surface area contributed by atoms with Gasteiger partial charge in [-0.15, -0.1) is 22.7 Å². The maximum atomic E-state index is 12.9. The molecule has 0 saturated heterocycles. The van der Waals surface area contributed by atoms with E-state index in [0.717, 1.165) is 78.1 Å². The highest BCUT2D eigenvalue weighted by Gasteiger charge is 2.36. The van der Waals surface area contributed by atoms with Crippen LogP contribution >= 0.6 is 50.8 Å². The third-order valence-corrected chi connectivity index (χ3v) is 8.92. The molecule has 0 spiro atoms. The quantitative estimate of drug-likeness (QED) is 0.0468. The predicted molar refractivity (Wildman–Crippen MR) is 204 cm³/mol. The van der Waals surface area contributed by atoms with Crippen molar-refractivity contribution in [3.8, 4) is 21.1 Å².